The Hall–Kier alpha value is -1.86. The lowest BCUT2D eigenvalue weighted by atomic mass is 10.1. The Balaban J connectivity index is 2.31. The largest absolute Gasteiger partial charge is 0.497 e. The molecule has 0 saturated carbocycles. The Morgan fingerprint density at radius 3 is 2.17 bits per heavy atom. The van der Waals surface area contributed by atoms with Gasteiger partial charge in [-0.2, -0.15) is 0 Å². The van der Waals surface area contributed by atoms with Crippen LogP contribution < -0.4 is 4.74 Å². The van der Waals surface area contributed by atoms with Crippen molar-refractivity contribution < 1.29 is 18.0 Å². The van der Waals surface area contributed by atoms with Gasteiger partial charge in [0, 0.05) is 10.0 Å². The predicted molar refractivity (Wildman–Crippen MR) is 92.7 cm³/mol. The molecule has 0 unspecified atom stereocenters. The number of sulfone groups is 1. The average Bonchev–Trinajstić information content (AvgIpc) is 2.55. The zero-order valence-electron chi connectivity index (χ0n) is 12.7. The fourth-order valence-electron chi connectivity index (χ4n) is 1.96. The highest BCUT2D eigenvalue weighted by Crippen LogP contribution is 2.18. The third-order valence-electron chi connectivity index (χ3n) is 3.12. The van der Waals surface area contributed by atoms with Gasteiger partial charge >= 0.3 is 0 Å². The van der Waals surface area contributed by atoms with Crippen molar-refractivity contribution in [2.75, 3.05) is 20.0 Å². The summed E-state index contributed by atoms with van der Waals surface area (Å²) < 4.78 is 31.0. The minimum absolute atomic E-state index is 0.234. The summed E-state index contributed by atoms with van der Waals surface area (Å²) in [6.07, 6.45) is 0. The zero-order valence-corrected chi connectivity index (χ0v) is 15.1. The summed E-state index contributed by atoms with van der Waals surface area (Å²) >= 11 is 3.29. The molecule has 0 atom stereocenters. The first-order valence-corrected chi connectivity index (χ1v) is 9.13. The first-order valence-electron chi connectivity index (χ1n) is 6.69. The third kappa shape index (κ3) is 4.56. The Labute approximate surface area is 144 Å². The molecule has 2 aromatic carbocycles. The van der Waals surface area contributed by atoms with Gasteiger partial charge in [0.05, 0.1) is 12.0 Å². The van der Waals surface area contributed by atoms with Crippen molar-refractivity contribution >= 4 is 31.5 Å². The van der Waals surface area contributed by atoms with Crippen molar-refractivity contribution in [3.63, 3.8) is 0 Å². The summed E-state index contributed by atoms with van der Waals surface area (Å²) in [5, 5.41) is 3.87. The summed E-state index contributed by atoms with van der Waals surface area (Å²) in [5.74, 6) is 0.427. The minimum atomic E-state index is -3.53. The predicted octanol–water partition coefficient (Wildman–Crippen LogP) is 3.28. The molecule has 0 N–H and O–H groups in total. The number of rotatable bonds is 6. The van der Waals surface area contributed by atoms with Gasteiger partial charge in [-0.1, -0.05) is 21.1 Å². The molecule has 2 aromatic rings. The smallest absolute Gasteiger partial charge is 0.184 e. The molecule has 0 spiro atoms. The van der Waals surface area contributed by atoms with Crippen molar-refractivity contribution in [2.24, 2.45) is 5.16 Å². The van der Waals surface area contributed by atoms with Crippen molar-refractivity contribution in [2.45, 2.75) is 4.90 Å². The molecular weight excluding hydrogens is 382 g/mol. The Morgan fingerprint density at radius 1 is 1.04 bits per heavy atom. The number of oxime groups is 1. The number of nitrogens with zero attached hydrogens (tertiary/aromatic N) is 1. The molecule has 0 aromatic heterocycles. The SMILES string of the molecule is CO/N=C(/CS(=O)(=O)c1ccc(Br)cc1)c1ccc(OC)cc1. The number of hydrogen-bond acceptors (Lipinski definition) is 5. The quantitative estimate of drug-likeness (QED) is 0.554. The molecule has 0 saturated heterocycles. The number of halogens is 1. The molecule has 0 bridgehead atoms. The minimum Gasteiger partial charge on any atom is -0.497 e. The Kier molecular flexibility index (Phi) is 5.79. The lowest BCUT2D eigenvalue weighted by molar-refractivity contribution is 0.213. The third-order valence-corrected chi connectivity index (χ3v) is 5.30. The maximum Gasteiger partial charge on any atom is 0.184 e. The van der Waals surface area contributed by atoms with Crippen LogP contribution in [0.5, 0.6) is 5.75 Å². The van der Waals surface area contributed by atoms with Gasteiger partial charge in [-0.25, -0.2) is 8.42 Å². The van der Waals surface area contributed by atoms with Crippen molar-refractivity contribution in [1.29, 1.82) is 0 Å². The van der Waals surface area contributed by atoms with Crippen molar-refractivity contribution in [3.05, 3.63) is 58.6 Å². The first kappa shape index (κ1) is 17.5. The second-order valence-electron chi connectivity index (χ2n) is 4.66. The van der Waals surface area contributed by atoms with Crippen LogP contribution in [-0.2, 0) is 14.7 Å². The average molecular weight is 398 g/mol. The molecule has 5 nitrogen and oxygen atoms in total. The van der Waals surface area contributed by atoms with E-state index in [1.54, 1.807) is 55.6 Å². The van der Waals surface area contributed by atoms with E-state index in [0.717, 1.165) is 4.47 Å². The summed E-state index contributed by atoms with van der Waals surface area (Å²) in [4.78, 5) is 5.03. The van der Waals surface area contributed by atoms with Crippen LogP contribution in [0.1, 0.15) is 5.56 Å². The summed E-state index contributed by atoms with van der Waals surface area (Å²) in [7, 11) is -0.574. The van der Waals surface area contributed by atoms with Gasteiger partial charge in [0.1, 0.15) is 24.3 Å². The van der Waals surface area contributed by atoms with Gasteiger partial charge in [0.15, 0.2) is 9.84 Å². The van der Waals surface area contributed by atoms with E-state index in [-0.39, 0.29) is 10.6 Å². The van der Waals surface area contributed by atoms with E-state index in [1.165, 1.54) is 7.11 Å². The molecule has 0 aliphatic carbocycles. The van der Waals surface area contributed by atoms with Crippen LogP contribution in [-0.4, -0.2) is 34.1 Å². The summed E-state index contributed by atoms with van der Waals surface area (Å²) in [5.41, 5.74) is 0.992. The van der Waals surface area contributed by atoms with Crippen LogP contribution in [0, 0.1) is 0 Å². The molecule has 0 fully saturated rings. The van der Waals surface area contributed by atoms with E-state index in [0.29, 0.717) is 17.0 Å². The Bertz CT molecular complexity index is 784. The second-order valence-corrected chi connectivity index (χ2v) is 7.57. The normalized spacial score (nSPS) is 12.0. The van der Waals surface area contributed by atoms with Gasteiger partial charge in [-0.15, -0.1) is 0 Å². The van der Waals surface area contributed by atoms with Gasteiger partial charge in [-0.05, 0) is 48.5 Å². The van der Waals surface area contributed by atoms with E-state index >= 15 is 0 Å². The first-order chi connectivity index (χ1) is 11.0. The molecule has 7 heteroatoms. The molecule has 0 amide bonds. The molecule has 0 aliphatic heterocycles. The second kappa shape index (κ2) is 7.61. The number of ether oxygens (including phenoxy) is 1. The lowest BCUT2D eigenvalue weighted by Gasteiger charge is -2.09. The van der Waals surface area contributed by atoms with E-state index < -0.39 is 9.84 Å². The fraction of sp³-hybridized carbons (Fsp3) is 0.188. The molecule has 0 radical (unpaired) electrons. The van der Waals surface area contributed by atoms with Gasteiger partial charge in [0.2, 0.25) is 0 Å². The van der Waals surface area contributed by atoms with Crippen LogP contribution in [0.25, 0.3) is 0 Å². The molecule has 122 valence electrons. The molecule has 0 heterocycles. The van der Waals surface area contributed by atoms with Crippen LogP contribution in [0.3, 0.4) is 0 Å². The summed E-state index contributed by atoms with van der Waals surface area (Å²) in [6, 6.07) is 13.5. The van der Waals surface area contributed by atoms with E-state index in [2.05, 4.69) is 21.1 Å². The standard InChI is InChI=1S/C16H16BrNO4S/c1-21-14-7-3-12(4-8-14)16(18-22-2)11-23(19,20)15-9-5-13(17)6-10-15/h3-10H,11H2,1-2H3/b18-16-. The van der Waals surface area contributed by atoms with Gasteiger partial charge in [0.25, 0.3) is 0 Å². The fourth-order valence-corrected chi connectivity index (χ4v) is 3.52. The van der Waals surface area contributed by atoms with Crippen LogP contribution in [0.2, 0.25) is 0 Å². The Morgan fingerprint density at radius 2 is 1.65 bits per heavy atom. The lowest BCUT2D eigenvalue weighted by Crippen LogP contribution is -2.18. The van der Waals surface area contributed by atoms with E-state index in [9.17, 15) is 8.42 Å². The van der Waals surface area contributed by atoms with Crippen molar-refractivity contribution in [3.8, 4) is 5.75 Å². The van der Waals surface area contributed by atoms with Crippen LogP contribution in [0.4, 0.5) is 0 Å². The van der Waals surface area contributed by atoms with Gasteiger partial charge < -0.3 is 9.57 Å². The highest BCUT2D eigenvalue weighted by atomic mass is 79.9. The summed E-state index contributed by atoms with van der Waals surface area (Å²) in [6.45, 7) is 0. The molecular formula is C16H16BrNO4S. The van der Waals surface area contributed by atoms with Gasteiger partial charge in [-0.3, -0.25) is 0 Å². The topological polar surface area (TPSA) is 65.0 Å². The van der Waals surface area contributed by atoms with E-state index in [1.807, 2.05) is 0 Å². The number of hydrogen-bond donors (Lipinski definition) is 0. The highest BCUT2D eigenvalue weighted by Gasteiger charge is 2.19. The van der Waals surface area contributed by atoms with Crippen molar-refractivity contribution in [1.82, 2.24) is 0 Å². The maximum atomic E-state index is 12.5. The number of methoxy groups -OCH3 is 1. The molecule has 23 heavy (non-hydrogen) atoms. The molecule has 0 aliphatic rings. The highest BCUT2D eigenvalue weighted by molar-refractivity contribution is 9.10. The zero-order chi connectivity index (χ0) is 16.9. The van der Waals surface area contributed by atoms with Crippen LogP contribution in [0.15, 0.2) is 63.1 Å². The monoisotopic (exact) mass is 397 g/mol. The maximum absolute atomic E-state index is 12.5. The molecule has 2 rings (SSSR count). The van der Waals surface area contributed by atoms with Crippen LogP contribution >= 0.6 is 15.9 Å². The number of benzene rings is 2. The van der Waals surface area contributed by atoms with E-state index in [4.69, 9.17) is 9.57 Å².